The molecule has 128 valence electrons. The normalized spacial score (nSPS) is 10.7. The summed E-state index contributed by atoms with van der Waals surface area (Å²) in [7, 11) is 0. The zero-order valence-corrected chi connectivity index (χ0v) is 16.4. The lowest BCUT2D eigenvalue weighted by molar-refractivity contribution is -0.113. The van der Waals surface area contributed by atoms with Crippen LogP contribution in [0.1, 0.15) is 11.1 Å². The van der Waals surface area contributed by atoms with E-state index in [0.717, 1.165) is 32.1 Å². The molecule has 0 aliphatic carbocycles. The van der Waals surface area contributed by atoms with Gasteiger partial charge in [-0.05, 0) is 49.2 Å². The van der Waals surface area contributed by atoms with Crippen LogP contribution < -0.4 is 5.32 Å². The van der Waals surface area contributed by atoms with Gasteiger partial charge in [-0.15, -0.1) is 0 Å². The highest BCUT2D eigenvalue weighted by molar-refractivity contribution is 9.10. The van der Waals surface area contributed by atoms with Gasteiger partial charge in [0.1, 0.15) is 0 Å². The number of thioether (sulfide) groups is 1. The number of rotatable bonds is 5. The lowest BCUT2D eigenvalue weighted by Gasteiger charge is -2.11. The number of benzene rings is 2. The second-order valence-corrected chi connectivity index (χ2v) is 7.52. The van der Waals surface area contributed by atoms with Gasteiger partial charge < -0.3 is 5.32 Å². The van der Waals surface area contributed by atoms with E-state index in [2.05, 4.69) is 26.2 Å². The molecule has 0 unspecified atom stereocenters. The molecule has 0 saturated heterocycles. The zero-order chi connectivity index (χ0) is 17.8. The number of carbonyl (C=O) groups is 1. The lowest BCUT2D eigenvalue weighted by Crippen LogP contribution is -2.16. The van der Waals surface area contributed by atoms with Crippen LogP contribution in [0.4, 0.5) is 5.69 Å². The van der Waals surface area contributed by atoms with Gasteiger partial charge in [0.25, 0.3) is 0 Å². The van der Waals surface area contributed by atoms with Gasteiger partial charge in [0, 0.05) is 28.2 Å². The van der Waals surface area contributed by atoms with Crippen molar-refractivity contribution in [3.63, 3.8) is 0 Å². The molecule has 2 aromatic carbocycles. The highest BCUT2D eigenvalue weighted by Crippen LogP contribution is 2.23. The number of halogens is 1. The number of hydrogen-bond acceptors (Lipinski definition) is 3. The Labute approximate surface area is 159 Å². The first-order valence-corrected chi connectivity index (χ1v) is 9.60. The summed E-state index contributed by atoms with van der Waals surface area (Å²) in [6.07, 6.45) is 3.64. The van der Waals surface area contributed by atoms with Gasteiger partial charge in [0.2, 0.25) is 5.91 Å². The Hall–Kier alpha value is -2.05. The number of hydrogen-bond donors (Lipinski definition) is 1. The molecule has 0 spiro atoms. The molecule has 0 fully saturated rings. The maximum absolute atomic E-state index is 12.3. The second kappa shape index (κ2) is 7.89. The summed E-state index contributed by atoms with van der Waals surface area (Å²) in [5, 5.41) is 3.80. The highest BCUT2D eigenvalue weighted by atomic mass is 79.9. The number of carbonyl (C=O) groups excluding carboxylic acids is 1. The SMILES string of the molecule is Cc1cccc(C)c1NC(=O)CSc1nccn1-c1ccc(Br)cc1. The van der Waals surface area contributed by atoms with E-state index in [1.54, 1.807) is 6.20 Å². The van der Waals surface area contributed by atoms with Gasteiger partial charge in [-0.3, -0.25) is 9.36 Å². The molecule has 4 nitrogen and oxygen atoms in total. The molecular weight excluding hydrogens is 398 g/mol. The molecular formula is C19H18BrN3OS. The van der Waals surface area contributed by atoms with E-state index in [1.165, 1.54) is 11.8 Å². The minimum absolute atomic E-state index is 0.0345. The van der Waals surface area contributed by atoms with Crippen LogP contribution in [-0.2, 0) is 4.79 Å². The molecule has 0 bridgehead atoms. The quantitative estimate of drug-likeness (QED) is 0.597. The molecule has 1 heterocycles. The smallest absolute Gasteiger partial charge is 0.234 e. The van der Waals surface area contributed by atoms with Crippen molar-refractivity contribution in [2.75, 3.05) is 11.1 Å². The fourth-order valence-corrected chi connectivity index (χ4v) is 3.55. The summed E-state index contributed by atoms with van der Waals surface area (Å²) >= 11 is 4.86. The summed E-state index contributed by atoms with van der Waals surface area (Å²) in [6.45, 7) is 3.99. The van der Waals surface area contributed by atoms with Crippen LogP contribution in [0.3, 0.4) is 0 Å². The van der Waals surface area contributed by atoms with Gasteiger partial charge in [0.15, 0.2) is 5.16 Å². The number of aromatic nitrogens is 2. The van der Waals surface area contributed by atoms with E-state index >= 15 is 0 Å². The Bertz CT molecular complexity index is 870. The number of amides is 1. The third kappa shape index (κ3) is 4.32. The summed E-state index contributed by atoms with van der Waals surface area (Å²) in [5.41, 5.74) is 4.03. The molecule has 3 aromatic rings. The maximum atomic E-state index is 12.3. The van der Waals surface area contributed by atoms with Crippen molar-refractivity contribution in [1.29, 1.82) is 0 Å². The number of nitrogens with one attached hydrogen (secondary N) is 1. The summed E-state index contributed by atoms with van der Waals surface area (Å²) < 4.78 is 3.00. The van der Waals surface area contributed by atoms with Gasteiger partial charge in [-0.2, -0.15) is 0 Å². The van der Waals surface area contributed by atoms with Crippen molar-refractivity contribution in [3.05, 3.63) is 70.5 Å². The van der Waals surface area contributed by atoms with Crippen molar-refractivity contribution in [3.8, 4) is 5.69 Å². The van der Waals surface area contributed by atoms with Gasteiger partial charge in [-0.25, -0.2) is 4.98 Å². The molecule has 0 aliphatic rings. The summed E-state index contributed by atoms with van der Waals surface area (Å²) in [6, 6.07) is 14.0. The van der Waals surface area contributed by atoms with E-state index in [4.69, 9.17) is 0 Å². The number of imidazole rings is 1. The van der Waals surface area contributed by atoms with Crippen LogP contribution in [0.5, 0.6) is 0 Å². The predicted octanol–water partition coefficient (Wildman–Crippen LogP) is 4.98. The Morgan fingerprint density at radius 2 is 1.84 bits per heavy atom. The predicted molar refractivity (Wildman–Crippen MR) is 107 cm³/mol. The lowest BCUT2D eigenvalue weighted by atomic mass is 10.1. The molecule has 0 atom stereocenters. The Kier molecular flexibility index (Phi) is 5.60. The topological polar surface area (TPSA) is 46.9 Å². The van der Waals surface area contributed by atoms with Crippen LogP contribution >= 0.6 is 27.7 Å². The average Bonchev–Trinajstić information content (AvgIpc) is 3.06. The van der Waals surface area contributed by atoms with E-state index in [-0.39, 0.29) is 5.91 Å². The monoisotopic (exact) mass is 415 g/mol. The fraction of sp³-hybridized carbons (Fsp3) is 0.158. The Morgan fingerprint density at radius 1 is 1.16 bits per heavy atom. The van der Waals surface area contributed by atoms with Crippen LogP contribution in [0.15, 0.2) is 64.5 Å². The first-order chi connectivity index (χ1) is 12.0. The second-order valence-electron chi connectivity index (χ2n) is 5.66. The van der Waals surface area contributed by atoms with Crippen LogP contribution in [0.2, 0.25) is 0 Å². The Morgan fingerprint density at radius 3 is 2.52 bits per heavy atom. The van der Waals surface area contributed by atoms with Gasteiger partial charge >= 0.3 is 0 Å². The van der Waals surface area contributed by atoms with Crippen molar-refractivity contribution in [2.24, 2.45) is 0 Å². The standard InChI is InChI=1S/C19H18BrN3OS/c1-13-4-3-5-14(2)18(13)22-17(24)12-25-19-21-10-11-23(19)16-8-6-15(20)7-9-16/h3-11H,12H2,1-2H3,(H,22,24). The number of aryl methyl sites for hydroxylation is 2. The number of anilines is 1. The molecule has 25 heavy (non-hydrogen) atoms. The molecule has 3 rings (SSSR count). The maximum Gasteiger partial charge on any atom is 0.234 e. The van der Waals surface area contributed by atoms with Gasteiger partial charge in [0.05, 0.1) is 5.75 Å². The largest absolute Gasteiger partial charge is 0.325 e. The van der Waals surface area contributed by atoms with Crippen LogP contribution in [-0.4, -0.2) is 21.2 Å². The molecule has 1 amide bonds. The van der Waals surface area contributed by atoms with Crippen molar-refractivity contribution in [2.45, 2.75) is 19.0 Å². The van der Waals surface area contributed by atoms with E-state index in [1.807, 2.05) is 67.1 Å². The van der Waals surface area contributed by atoms with E-state index in [0.29, 0.717) is 5.75 Å². The highest BCUT2D eigenvalue weighted by Gasteiger charge is 2.11. The first kappa shape index (κ1) is 17.8. The molecule has 1 aromatic heterocycles. The fourth-order valence-electron chi connectivity index (χ4n) is 2.51. The minimum Gasteiger partial charge on any atom is -0.325 e. The number of para-hydroxylation sites is 1. The minimum atomic E-state index is -0.0345. The van der Waals surface area contributed by atoms with Crippen molar-refractivity contribution in [1.82, 2.24) is 9.55 Å². The third-order valence-corrected chi connectivity index (χ3v) is 5.28. The molecule has 1 N–H and O–H groups in total. The van der Waals surface area contributed by atoms with E-state index < -0.39 is 0 Å². The van der Waals surface area contributed by atoms with E-state index in [9.17, 15) is 4.79 Å². The zero-order valence-electron chi connectivity index (χ0n) is 14.0. The molecule has 6 heteroatoms. The summed E-state index contributed by atoms with van der Waals surface area (Å²) in [5.74, 6) is 0.272. The molecule has 0 saturated carbocycles. The molecule has 0 aliphatic heterocycles. The Balaban J connectivity index is 1.67. The van der Waals surface area contributed by atoms with Crippen LogP contribution in [0.25, 0.3) is 5.69 Å². The molecule has 0 radical (unpaired) electrons. The van der Waals surface area contributed by atoms with Gasteiger partial charge in [-0.1, -0.05) is 45.9 Å². The summed E-state index contributed by atoms with van der Waals surface area (Å²) in [4.78, 5) is 16.7. The van der Waals surface area contributed by atoms with Crippen molar-refractivity contribution < 1.29 is 4.79 Å². The average molecular weight is 416 g/mol. The third-order valence-electron chi connectivity index (χ3n) is 3.79. The van der Waals surface area contributed by atoms with Crippen LogP contribution in [0, 0.1) is 13.8 Å². The number of nitrogens with zero attached hydrogens (tertiary/aromatic N) is 2. The first-order valence-electron chi connectivity index (χ1n) is 7.83. The van der Waals surface area contributed by atoms with Crippen molar-refractivity contribution >= 4 is 39.3 Å².